The van der Waals surface area contributed by atoms with Crippen LogP contribution in [-0.4, -0.2) is 53.7 Å². The van der Waals surface area contributed by atoms with Crippen LogP contribution in [0.2, 0.25) is 0 Å². The van der Waals surface area contributed by atoms with Gasteiger partial charge in [-0.05, 0) is 63.3 Å². The number of ether oxygens (including phenoxy) is 1. The van der Waals surface area contributed by atoms with Crippen molar-refractivity contribution in [1.29, 1.82) is 0 Å². The van der Waals surface area contributed by atoms with Crippen LogP contribution in [0, 0.1) is 5.92 Å². The van der Waals surface area contributed by atoms with Gasteiger partial charge < -0.3 is 9.84 Å². The minimum Gasteiger partial charge on any atom is -0.507 e. The van der Waals surface area contributed by atoms with Crippen LogP contribution < -0.4 is 0 Å². The lowest BCUT2D eigenvalue weighted by atomic mass is 10.0. The van der Waals surface area contributed by atoms with Crippen LogP contribution in [0.15, 0.2) is 12.1 Å². The molecule has 0 bridgehead atoms. The molecule has 5 heteroatoms. The average molecular weight is 375 g/mol. The summed E-state index contributed by atoms with van der Waals surface area (Å²) in [5.41, 5.74) is 2.84. The Kier molecular flexibility index (Phi) is 7.13. The number of benzene rings is 1. The SMILES string of the molecule is CC(C)COC(=O)Cc1cc(CN2CCCC2)c(O)c(CN2CCCC2)c1. The molecule has 2 aliphatic heterocycles. The zero-order valence-electron chi connectivity index (χ0n) is 16.9. The summed E-state index contributed by atoms with van der Waals surface area (Å²) < 4.78 is 5.36. The van der Waals surface area contributed by atoms with Crippen LogP contribution in [-0.2, 0) is 29.0 Å². The van der Waals surface area contributed by atoms with Crippen molar-refractivity contribution in [3.8, 4) is 5.75 Å². The molecule has 2 saturated heterocycles. The Morgan fingerprint density at radius 3 is 1.93 bits per heavy atom. The molecule has 3 rings (SSSR count). The molecule has 0 spiro atoms. The second kappa shape index (κ2) is 9.56. The zero-order valence-corrected chi connectivity index (χ0v) is 16.9. The van der Waals surface area contributed by atoms with Gasteiger partial charge in [0.2, 0.25) is 0 Å². The molecule has 0 amide bonds. The predicted octanol–water partition coefficient (Wildman–Crippen LogP) is 3.33. The molecule has 2 fully saturated rings. The molecule has 5 nitrogen and oxygen atoms in total. The van der Waals surface area contributed by atoms with Gasteiger partial charge in [-0.1, -0.05) is 26.0 Å². The summed E-state index contributed by atoms with van der Waals surface area (Å²) in [6.45, 7) is 10.4. The van der Waals surface area contributed by atoms with Gasteiger partial charge in [0.25, 0.3) is 0 Å². The Bertz CT molecular complexity index is 593. The Hall–Kier alpha value is -1.59. The molecule has 2 heterocycles. The zero-order chi connectivity index (χ0) is 19.2. The molecule has 150 valence electrons. The van der Waals surface area contributed by atoms with Gasteiger partial charge in [0, 0.05) is 24.2 Å². The van der Waals surface area contributed by atoms with Crippen LogP contribution >= 0.6 is 0 Å². The van der Waals surface area contributed by atoms with Crippen molar-refractivity contribution in [2.45, 2.75) is 59.0 Å². The summed E-state index contributed by atoms with van der Waals surface area (Å²) in [4.78, 5) is 17.0. The number of carbonyl (C=O) groups excluding carboxylic acids is 1. The van der Waals surface area contributed by atoms with Crippen molar-refractivity contribution in [2.75, 3.05) is 32.8 Å². The van der Waals surface area contributed by atoms with Gasteiger partial charge in [-0.25, -0.2) is 0 Å². The second-order valence-electron chi connectivity index (χ2n) is 8.48. The van der Waals surface area contributed by atoms with Gasteiger partial charge in [0.1, 0.15) is 5.75 Å². The lowest BCUT2D eigenvalue weighted by Crippen LogP contribution is -2.21. The van der Waals surface area contributed by atoms with Gasteiger partial charge in [-0.3, -0.25) is 14.6 Å². The first-order chi connectivity index (χ1) is 13.0. The smallest absolute Gasteiger partial charge is 0.310 e. The first-order valence-electron chi connectivity index (χ1n) is 10.4. The Morgan fingerprint density at radius 1 is 1.00 bits per heavy atom. The molecule has 0 unspecified atom stereocenters. The van der Waals surface area contributed by atoms with E-state index in [1.165, 1.54) is 25.7 Å². The largest absolute Gasteiger partial charge is 0.507 e. The molecule has 2 aliphatic rings. The first kappa shape index (κ1) is 20.2. The topological polar surface area (TPSA) is 53.0 Å². The van der Waals surface area contributed by atoms with Gasteiger partial charge in [-0.2, -0.15) is 0 Å². The lowest BCUT2D eigenvalue weighted by molar-refractivity contribution is -0.143. The predicted molar refractivity (Wildman–Crippen MR) is 107 cm³/mol. The number of carbonyl (C=O) groups is 1. The van der Waals surface area contributed by atoms with Gasteiger partial charge >= 0.3 is 5.97 Å². The molecule has 1 aromatic rings. The number of nitrogens with zero attached hydrogens (tertiary/aromatic N) is 2. The van der Waals surface area contributed by atoms with E-state index in [9.17, 15) is 9.90 Å². The maximum Gasteiger partial charge on any atom is 0.310 e. The number of aromatic hydroxyl groups is 1. The van der Waals surface area contributed by atoms with Gasteiger partial charge in [0.15, 0.2) is 0 Å². The van der Waals surface area contributed by atoms with Crippen molar-refractivity contribution in [3.63, 3.8) is 0 Å². The Morgan fingerprint density at radius 2 is 1.48 bits per heavy atom. The third kappa shape index (κ3) is 5.94. The molecule has 0 aliphatic carbocycles. The number of hydrogen-bond acceptors (Lipinski definition) is 5. The third-order valence-electron chi connectivity index (χ3n) is 5.44. The number of likely N-dealkylation sites (tertiary alicyclic amines) is 2. The summed E-state index contributed by atoms with van der Waals surface area (Å²) in [7, 11) is 0. The van der Waals surface area contributed by atoms with Crippen molar-refractivity contribution in [3.05, 3.63) is 28.8 Å². The first-order valence-corrected chi connectivity index (χ1v) is 10.4. The van der Waals surface area contributed by atoms with E-state index in [4.69, 9.17) is 4.74 Å². The maximum atomic E-state index is 12.2. The molecule has 1 N–H and O–H groups in total. The van der Waals surface area contributed by atoms with Crippen LogP contribution in [0.4, 0.5) is 0 Å². The Balaban J connectivity index is 1.76. The second-order valence-corrected chi connectivity index (χ2v) is 8.48. The van der Waals surface area contributed by atoms with Gasteiger partial charge in [0.05, 0.1) is 13.0 Å². The van der Waals surface area contributed by atoms with E-state index in [2.05, 4.69) is 9.80 Å². The van der Waals surface area contributed by atoms with E-state index in [0.717, 1.165) is 56.0 Å². The normalized spacial score (nSPS) is 18.5. The molecule has 1 aromatic carbocycles. The lowest BCUT2D eigenvalue weighted by Gasteiger charge is -2.21. The fraction of sp³-hybridized carbons (Fsp3) is 0.682. The minimum absolute atomic E-state index is 0.186. The highest BCUT2D eigenvalue weighted by molar-refractivity contribution is 5.73. The van der Waals surface area contributed by atoms with E-state index in [0.29, 0.717) is 18.3 Å². The van der Waals surface area contributed by atoms with Crippen LogP contribution in [0.3, 0.4) is 0 Å². The fourth-order valence-corrected chi connectivity index (χ4v) is 4.02. The van der Waals surface area contributed by atoms with Crippen molar-refractivity contribution in [2.24, 2.45) is 5.92 Å². The van der Waals surface area contributed by atoms with Crippen LogP contribution in [0.1, 0.15) is 56.2 Å². The van der Waals surface area contributed by atoms with Crippen molar-refractivity contribution < 1.29 is 14.6 Å². The molecule has 27 heavy (non-hydrogen) atoms. The van der Waals surface area contributed by atoms with Crippen LogP contribution in [0.25, 0.3) is 0 Å². The summed E-state index contributed by atoms with van der Waals surface area (Å²) in [6, 6.07) is 4.00. The van der Waals surface area contributed by atoms with Crippen molar-refractivity contribution >= 4 is 5.97 Å². The highest BCUT2D eigenvalue weighted by atomic mass is 16.5. The van der Waals surface area contributed by atoms with E-state index >= 15 is 0 Å². The van der Waals surface area contributed by atoms with Crippen molar-refractivity contribution in [1.82, 2.24) is 9.80 Å². The molecule has 0 aromatic heterocycles. The quantitative estimate of drug-likeness (QED) is 0.708. The highest BCUT2D eigenvalue weighted by Crippen LogP contribution is 2.29. The number of esters is 1. The molecular formula is C22H34N2O3. The Labute approximate surface area is 163 Å². The van der Waals surface area contributed by atoms with Crippen LogP contribution in [0.5, 0.6) is 5.75 Å². The summed E-state index contributed by atoms with van der Waals surface area (Å²) in [5.74, 6) is 0.562. The molecular weight excluding hydrogens is 340 g/mol. The monoisotopic (exact) mass is 374 g/mol. The third-order valence-corrected chi connectivity index (χ3v) is 5.44. The average Bonchev–Trinajstić information content (AvgIpc) is 3.31. The molecule has 0 atom stereocenters. The van der Waals surface area contributed by atoms with E-state index < -0.39 is 0 Å². The number of phenolic OH excluding ortho intramolecular Hbond substituents is 1. The minimum atomic E-state index is -0.186. The highest BCUT2D eigenvalue weighted by Gasteiger charge is 2.20. The summed E-state index contributed by atoms with van der Waals surface area (Å²) in [5, 5.41) is 10.9. The maximum absolute atomic E-state index is 12.2. The van der Waals surface area contributed by atoms with E-state index in [1.807, 2.05) is 26.0 Å². The molecule has 0 radical (unpaired) electrons. The number of rotatable bonds is 8. The van der Waals surface area contributed by atoms with Gasteiger partial charge in [-0.15, -0.1) is 0 Å². The number of phenols is 1. The molecule has 0 saturated carbocycles. The van der Waals surface area contributed by atoms with E-state index in [1.54, 1.807) is 0 Å². The van der Waals surface area contributed by atoms with E-state index in [-0.39, 0.29) is 12.4 Å². The summed E-state index contributed by atoms with van der Waals surface area (Å²) in [6.07, 6.45) is 5.17. The summed E-state index contributed by atoms with van der Waals surface area (Å²) >= 11 is 0. The fourth-order valence-electron chi connectivity index (χ4n) is 4.02. The number of hydrogen-bond donors (Lipinski definition) is 1. The standard InChI is InChI=1S/C22H34N2O3/c1-17(2)16-27-21(25)13-18-11-19(14-23-7-3-4-8-23)22(26)20(12-18)15-24-9-5-6-10-24/h11-12,17,26H,3-10,13-16H2,1-2H3.